The Morgan fingerprint density at radius 1 is 1.00 bits per heavy atom. The van der Waals surface area contributed by atoms with Crippen LogP contribution >= 0.6 is 9.19 Å². The van der Waals surface area contributed by atoms with Gasteiger partial charge in [-0.1, -0.05) is 0 Å². The second-order valence-corrected chi connectivity index (χ2v) is 0. The Hall–Kier alpha value is 3.35. The molecule has 0 atom stereocenters. The van der Waals surface area contributed by atoms with Gasteiger partial charge >= 0.3 is 81.1 Å². The summed E-state index contributed by atoms with van der Waals surface area (Å²) in [6, 6.07) is 0. The summed E-state index contributed by atoms with van der Waals surface area (Å²) in [5.41, 5.74) is 0. The fourth-order valence-corrected chi connectivity index (χ4v) is 0. The van der Waals surface area contributed by atoms with Gasteiger partial charge < -0.3 is 24.8 Å². The predicted octanol–water partition coefficient (Wildman–Crippen LogP) is -8.30. The van der Waals surface area contributed by atoms with E-state index in [0.717, 1.165) is 0 Å². The van der Waals surface area contributed by atoms with E-state index < -0.39 is 0 Å². The van der Waals surface area contributed by atoms with Crippen molar-refractivity contribution in [2.45, 2.75) is 0 Å². The molecule has 6 heteroatoms. The zero-order valence-electron chi connectivity index (χ0n) is 2.74. The van der Waals surface area contributed by atoms with Gasteiger partial charge in [-0.25, -0.2) is 0 Å². The molecule has 0 nitrogen and oxygen atoms in total. The summed E-state index contributed by atoms with van der Waals surface area (Å²) in [4.78, 5) is 0. The number of rotatable bonds is 0. The smallest absolute Gasteiger partial charge is 1.00 e. The summed E-state index contributed by atoms with van der Waals surface area (Å²) in [6.45, 7) is 0. The predicted molar refractivity (Wildman–Crippen MR) is 5.85 cm³/mol. The number of halogens is 3. The molecular formula is Ag2Cl3Na. The van der Waals surface area contributed by atoms with Crippen LogP contribution in [-0.4, -0.2) is 0 Å². The average molecular weight is 345 g/mol. The molecule has 0 bridgehead atoms. The topological polar surface area (TPSA) is 0 Å². The first-order chi connectivity index (χ1) is 1.00. The molecule has 0 saturated carbocycles. The third kappa shape index (κ3) is 26.4. The summed E-state index contributed by atoms with van der Waals surface area (Å²) < 4.78 is 0. The molecule has 0 aromatic carbocycles. The molecule has 0 aliphatic rings. The van der Waals surface area contributed by atoms with Crippen LogP contribution in [0, 0.1) is 0 Å². The fraction of sp³-hybridized carbons (Fsp3) is 0. The Balaban J connectivity index is -0.000000000833. The van der Waals surface area contributed by atoms with Crippen LogP contribution in [0.15, 0.2) is 0 Å². The van der Waals surface area contributed by atoms with E-state index in [1.807, 2.05) is 0 Å². The van der Waals surface area contributed by atoms with Crippen molar-refractivity contribution in [2.24, 2.45) is 0 Å². The van der Waals surface area contributed by atoms with E-state index in [1.54, 1.807) is 0 Å². The van der Waals surface area contributed by atoms with Crippen molar-refractivity contribution >= 4 is 9.19 Å². The monoisotopic (exact) mass is 342 g/mol. The van der Waals surface area contributed by atoms with Crippen LogP contribution in [0.25, 0.3) is 0 Å². The summed E-state index contributed by atoms with van der Waals surface area (Å²) in [7, 11) is 4.45. The van der Waals surface area contributed by atoms with Crippen molar-refractivity contribution in [3.8, 4) is 0 Å². The first kappa shape index (κ1) is 34.4. The van der Waals surface area contributed by atoms with Crippen molar-refractivity contribution in [1.82, 2.24) is 0 Å². The molecule has 0 N–H and O–H groups in total. The summed E-state index contributed by atoms with van der Waals surface area (Å²) in [5, 5.41) is 0. The van der Waals surface area contributed by atoms with Gasteiger partial charge in [0.2, 0.25) is 0 Å². The Morgan fingerprint density at radius 2 is 1.00 bits per heavy atom. The van der Waals surface area contributed by atoms with Crippen molar-refractivity contribution < 1.29 is 96.7 Å². The third-order valence-corrected chi connectivity index (χ3v) is 0. The molecule has 0 fully saturated rings. The van der Waals surface area contributed by atoms with Gasteiger partial charge in [0, 0.05) is 0 Å². The molecule has 6 heavy (non-hydrogen) atoms. The Kier molecular flexibility index (Phi) is 231. The van der Waals surface area contributed by atoms with Gasteiger partial charge in [0.25, 0.3) is 0 Å². The van der Waals surface area contributed by atoms with Crippen LogP contribution in [0.3, 0.4) is 0 Å². The average Bonchev–Trinajstić information content (AvgIpc) is 1.00. The van der Waals surface area contributed by atoms with Gasteiger partial charge in [-0.2, -0.15) is 0 Å². The van der Waals surface area contributed by atoms with Gasteiger partial charge in [-0.3, -0.25) is 0 Å². The van der Waals surface area contributed by atoms with Gasteiger partial charge in [-0.05, 0) is 0 Å². The Bertz CT molecular complexity index is 8.75. The van der Waals surface area contributed by atoms with E-state index in [1.165, 1.54) is 0 Å². The minimum Gasteiger partial charge on any atom is 1.00 e. The molecule has 0 saturated heterocycles. The Morgan fingerprint density at radius 3 is 1.00 bits per heavy atom. The first-order valence-corrected chi connectivity index (χ1v) is 2.02. The summed E-state index contributed by atoms with van der Waals surface area (Å²) >= 11 is 2.42. The summed E-state index contributed by atoms with van der Waals surface area (Å²) in [5.74, 6) is 0. The van der Waals surface area contributed by atoms with E-state index in [4.69, 9.17) is 0 Å². The van der Waals surface area contributed by atoms with Crippen LogP contribution in [-0.2, 0) is 42.4 Å². The third-order valence-electron chi connectivity index (χ3n) is 0. The van der Waals surface area contributed by atoms with E-state index in [9.17, 15) is 0 Å². The van der Waals surface area contributed by atoms with Crippen LogP contribution in [0.1, 0.15) is 0 Å². The minimum atomic E-state index is 0. The van der Waals surface area contributed by atoms with E-state index in [2.05, 4.69) is 29.2 Å². The maximum Gasteiger partial charge on any atom is 1.00 e. The molecule has 0 radical (unpaired) electrons. The normalized spacial score (nSPS) is 1.17. The molecule has 0 unspecified atom stereocenters. The molecule has 0 aliphatic carbocycles. The SMILES string of the molecule is [Ag+].[Cl-].[Cl-].[Cl][Ag].[Na+]. The summed E-state index contributed by atoms with van der Waals surface area (Å²) in [6.07, 6.45) is 0. The zero-order chi connectivity index (χ0) is 2.00. The van der Waals surface area contributed by atoms with Crippen LogP contribution in [0.5, 0.6) is 0 Å². The van der Waals surface area contributed by atoms with Crippen LogP contribution in [0.2, 0.25) is 0 Å². The van der Waals surface area contributed by atoms with E-state index in [-0.39, 0.29) is 76.8 Å². The van der Waals surface area contributed by atoms with Crippen LogP contribution in [0.4, 0.5) is 0 Å². The molecule has 0 aliphatic heterocycles. The zero-order valence-corrected chi connectivity index (χ0v) is 9.97. The van der Waals surface area contributed by atoms with Crippen molar-refractivity contribution in [1.29, 1.82) is 0 Å². The minimum absolute atomic E-state index is 0. The van der Waals surface area contributed by atoms with Gasteiger partial charge in [-0.15, -0.1) is 0 Å². The maximum atomic E-state index is 4.45. The molecule has 0 spiro atoms. The molecule has 0 heterocycles. The standard InChI is InChI=1S/2Ag.3ClH.Na/h;;3*1H;/q2*+1;;;;+1/p-3. The van der Waals surface area contributed by atoms with Gasteiger partial charge in [0.1, 0.15) is 0 Å². The second-order valence-electron chi connectivity index (χ2n) is 0. The van der Waals surface area contributed by atoms with Crippen LogP contribution < -0.4 is 54.4 Å². The molecular weight excluding hydrogens is 345 g/mol. The van der Waals surface area contributed by atoms with Crippen molar-refractivity contribution in [2.75, 3.05) is 0 Å². The fourth-order valence-electron chi connectivity index (χ4n) is 0. The van der Waals surface area contributed by atoms with Crippen molar-refractivity contribution in [3.05, 3.63) is 0 Å². The van der Waals surface area contributed by atoms with Crippen molar-refractivity contribution in [3.63, 3.8) is 0 Å². The number of hydrogen-bond donors (Lipinski definition) is 0. The molecule has 44 valence electrons. The number of hydrogen-bond acceptors (Lipinski definition) is 0. The largest absolute Gasteiger partial charge is 1.00 e. The van der Waals surface area contributed by atoms with E-state index >= 15 is 0 Å². The van der Waals surface area contributed by atoms with Gasteiger partial charge in [0.15, 0.2) is 0 Å². The molecule has 0 aromatic rings. The first-order valence-electron chi connectivity index (χ1n) is 0.114. The Labute approximate surface area is 104 Å². The second kappa shape index (κ2) is 40.2. The maximum absolute atomic E-state index is 4.45. The van der Waals surface area contributed by atoms with E-state index in [0.29, 0.717) is 0 Å². The molecule has 0 aromatic heterocycles. The quantitative estimate of drug-likeness (QED) is 0.383. The van der Waals surface area contributed by atoms with Gasteiger partial charge in [0.05, 0.1) is 0 Å². The molecule has 0 amide bonds. The molecule has 0 rings (SSSR count).